The second-order valence-electron chi connectivity index (χ2n) is 6.87. The topological polar surface area (TPSA) is 66.9 Å². The maximum absolute atomic E-state index is 12.5. The number of carbonyl (C=O) groups is 1. The molecule has 0 spiro atoms. The molecular formula is C16H26N2O4S. The largest absolute Gasteiger partial charge is 0.375 e. The first-order valence-electron chi connectivity index (χ1n) is 8.46. The van der Waals surface area contributed by atoms with E-state index in [0.29, 0.717) is 39.2 Å². The van der Waals surface area contributed by atoms with Crippen LogP contribution in [-0.4, -0.2) is 68.7 Å². The third-order valence-electron chi connectivity index (χ3n) is 5.08. The normalized spacial score (nSPS) is 29.8. The highest BCUT2D eigenvalue weighted by atomic mass is 32.2. The van der Waals surface area contributed by atoms with Crippen LogP contribution in [0.15, 0.2) is 11.6 Å². The van der Waals surface area contributed by atoms with Gasteiger partial charge in [-0.15, -0.1) is 0 Å². The van der Waals surface area contributed by atoms with Crippen LogP contribution < -0.4 is 0 Å². The van der Waals surface area contributed by atoms with Crippen LogP contribution in [0.25, 0.3) is 0 Å². The summed E-state index contributed by atoms with van der Waals surface area (Å²) in [6, 6.07) is 0. The summed E-state index contributed by atoms with van der Waals surface area (Å²) in [5.74, 6) is 0.234. The summed E-state index contributed by atoms with van der Waals surface area (Å²) in [4.78, 5) is 14.4. The zero-order chi connectivity index (χ0) is 16.4. The van der Waals surface area contributed by atoms with Gasteiger partial charge in [-0.2, -0.15) is 4.31 Å². The van der Waals surface area contributed by atoms with Crippen molar-refractivity contribution in [3.63, 3.8) is 0 Å². The lowest BCUT2D eigenvalue weighted by Crippen LogP contribution is -2.37. The lowest BCUT2D eigenvalue weighted by Gasteiger charge is -2.22. The Morgan fingerprint density at radius 3 is 2.83 bits per heavy atom. The van der Waals surface area contributed by atoms with Crippen molar-refractivity contribution in [3.8, 4) is 0 Å². The number of ether oxygens (including phenoxy) is 1. The van der Waals surface area contributed by atoms with Gasteiger partial charge >= 0.3 is 0 Å². The Morgan fingerprint density at radius 1 is 1.30 bits per heavy atom. The van der Waals surface area contributed by atoms with Gasteiger partial charge < -0.3 is 9.64 Å². The van der Waals surface area contributed by atoms with Crippen LogP contribution in [0, 0.1) is 5.92 Å². The molecule has 0 aromatic carbocycles. The number of nitrogens with zero attached hydrogens (tertiary/aromatic N) is 2. The van der Waals surface area contributed by atoms with E-state index in [9.17, 15) is 13.2 Å². The fraction of sp³-hybridized carbons (Fsp3) is 0.812. The van der Waals surface area contributed by atoms with Gasteiger partial charge in [0.25, 0.3) is 0 Å². The monoisotopic (exact) mass is 342 g/mol. The number of likely N-dealkylation sites (tertiary alicyclic amines) is 1. The summed E-state index contributed by atoms with van der Waals surface area (Å²) in [5, 5.41) is 0. The van der Waals surface area contributed by atoms with Crippen molar-refractivity contribution < 1.29 is 17.9 Å². The Morgan fingerprint density at radius 2 is 2.13 bits per heavy atom. The first kappa shape index (κ1) is 16.9. The molecule has 2 saturated heterocycles. The number of sulfonamides is 1. The lowest BCUT2D eigenvalue weighted by atomic mass is 9.97. The van der Waals surface area contributed by atoms with E-state index in [-0.39, 0.29) is 17.9 Å². The highest BCUT2D eigenvalue weighted by Crippen LogP contribution is 2.27. The van der Waals surface area contributed by atoms with Crippen LogP contribution in [0.3, 0.4) is 0 Å². The Hall–Kier alpha value is -0.920. The summed E-state index contributed by atoms with van der Waals surface area (Å²) in [5.41, 5.74) is 1.26. The minimum absolute atomic E-state index is 0.0361. The zero-order valence-electron chi connectivity index (χ0n) is 13.7. The number of hydrogen-bond acceptors (Lipinski definition) is 4. The van der Waals surface area contributed by atoms with Crippen LogP contribution in [0.4, 0.5) is 0 Å². The molecule has 0 unspecified atom stereocenters. The number of amides is 1. The van der Waals surface area contributed by atoms with E-state index in [1.54, 1.807) is 0 Å². The van der Waals surface area contributed by atoms with E-state index >= 15 is 0 Å². The second kappa shape index (κ2) is 6.91. The summed E-state index contributed by atoms with van der Waals surface area (Å²) in [6.07, 6.45) is 8.43. The van der Waals surface area contributed by atoms with Crippen LogP contribution in [0.5, 0.6) is 0 Å². The highest BCUT2D eigenvalue weighted by Gasteiger charge is 2.40. The van der Waals surface area contributed by atoms with Crippen molar-refractivity contribution >= 4 is 15.9 Å². The molecule has 0 aromatic rings. The van der Waals surface area contributed by atoms with Gasteiger partial charge in [-0.05, 0) is 25.7 Å². The van der Waals surface area contributed by atoms with Gasteiger partial charge in [-0.25, -0.2) is 8.42 Å². The van der Waals surface area contributed by atoms with Gasteiger partial charge in [0.05, 0.1) is 19.0 Å². The number of rotatable bonds is 3. The highest BCUT2D eigenvalue weighted by molar-refractivity contribution is 7.88. The smallest absolute Gasteiger partial charge is 0.226 e. The average molecular weight is 342 g/mol. The van der Waals surface area contributed by atoms with E-state index in [4.69, 9.17) is 4.74 Å². The summed E-state index contributed by atoms with van der Waals surface area (Å²) < 4.78 is 30.9. The van der Waals surface area contributed by atoms with E-state index in [0.717, 1.165) is 12.8 Å². The van der Waals surface area contributed by atoms with Crippen molar-refractivity contribution in [2.75, 3.05) is 39.0 Å². The molecule has 7 heteroatoms. The summed E-state index contributed by atoms with van der Waals surface area (Å²) in [7, 11) is -3.21. The molecule has 2 fully saturated rings. The molecule has 3 aliphatic rings. The van der Waals surface area contributed by atoms with Crippen molar-refractivity contribution in [1.29, 1.82) is 0 Å². The third-order valence-corrected chi connectivity index (χ3v) is 6.35. The Balaban J connectivity index is 1.60. The molecule has 23 heavy (non-hydrogen) atoms. The molecule has 2 heterocycles. The van der Waals surface area contributed by atoms with Crippen molar-refractivity contribution in [2.45, 2.75) is 38.2 Å². The number of allylic oxidation sites excluding steroid dienone is 1. The Bertz CT molecular complexity index is 587. The number of carbonyl (C=O) groups excluding carboxylic acids is 1. The molecular weight excluding hydrogens is 316 g/mol. The predicted octanol–water partition coefficient (Wildman–Crippen LogP) is 0.996. The molecule has 3 rings (SSSR count). The van der Waals surface area contributed by atoms with Crippen molar-refractivity contribution in [3.05, 3.63) is 11.6 Å². The van der Waals surface area contributed by atoms with Gasteiger partial charge in [0.2, 0.25) is 15.9 Å². The molecule has 0 N–H and O–H groups in total. The molecule has 0 aromatic heterocycles. The Kier molecular flexibility index (Phi) is 5.08. The molecule has 2 atom stereocenters. The lowest BCUT2D eigenvalue weighted by molar-refractivity contribution is -0.130. The maximum atomic E-state index is 12.5. The third kappa shape index (κ3) is 4.14. The predicted molar refractivity (Wildman–Crippen MR) is 87.4 cm³/mol. The second-order valence-corrected chi connectivity index (χ2v) is 8.86. The van der Waals surface area contributed by atoms with E-state index in [2.05, 4.69) is 6.08 Å². The van der Waals surface area contributed by atoms with Crippen LogP contribution in [0.1, 0.15) is 32.1 Å². The molecule has 1 aliphatic carbocycles. The first-order valence-corrected chi connectivity index (χ1v) is 10.3. The molecule has 0 radical (unpaired) electrons. The Labute approximate surface area is 138 Å². The minimum Gasteiger partial charge on any atom is -0.375 e. The molecule has 2 aliphatic heterocycles. The molecule has 130 valence electrons. The van der Waals surface area contributed by atoms with Crippen LogP contribution in [-0.2, 0) is 19.6 Å². The molecule has 6 nitrogen and oxygen atoms in total. The van der Waals surface area contributed by atoms with Gasteiger partial charge in [-0.1, -0.05) is 11.6 Å². The maximum Gasteiger partial charge on any atom is 0.226 e. The number of fused-ring (bicyclic) bond motifs is 1. The fourth-order valence-electron chi connectivity index (χ4n) is 3.74. The summed E-state index contributed by atoms with van der Waals surface area (Å²) >= 11 is 0. The average Bonchev–Trinajstić information content (AvgIpc) is 2.79. The summed E-state index contributed by atoms with van der Waals surface area (Å²) in [6.45, 7) is 2.46. The van der Waals surface area contributed by atoms with Crippen LogP contribution in [0.2, 0.25) is 0 Å². The molecule has 0 bridgehead atoms. The van der Waals surface area contributed by atoms with Crippen molar-refractivity contribution in [1.82, 2.24) is 9.21 Å². The standard InChI is InChI=1S/C16H26N2O4S/c1-23(20,21)18-7-8-22-15-12-17(10-14(15)11-18)16(19)9-13-5-3-2-4-6-13/h5,14-15H,2-4,6-12H2,1H3/t14-,15-/m0/s1. The SMILES string of the molecule is CS(=O)(=O)N1CCO[C@H]2CN(C(=O)CC3=CCCCC3)C[C@H]2C1. The molecule has 0 saturated carbocycles. The first-order chi connectivity index (χ1) is 10.9. The van der Waals surface area contributed by atoms with E-state index in [1.165, 1.54) is 29.0 Å². The van der Waals surface area contributed by atoms with Gasteiger partial charge in [0.1, 0.15) is 0 Å². The van der Waals surface area contributed by atoms with Crippen LogP contribution >= 0.6 is 0 Å². The van der Waals surface area contributed by atoms with E-state index in [1.807, 2.05) is 4.90 Å². The van der Waals surface area contributed by atoms with Gasteiger partial charge in [0, 0.05) is 38.5 Å². The van der Waals surface area contributed by atoms with E-state index < -0.39 is 10.0 Å². The quantitative estimate of drug-likeness (QED) is 0.718. The van der Waals surface area contributed by atoms with Crippen molar-refractivity contribution in [2.24, 2.45) is 5.92 Å². The molecule has 1 amide bonds. The van der Waals surface area contributed by atoms with Gasteiger partial charge in [-0.3, -0.25) is 4.79 Å². The fourth-order valence-corrected chi connectivity index (χ4v) is 4.61. The minimum atomic E-state index is -3.21. The number of hydrogen-bond donors (Lipinski definition) is 0. The zero-order valence-corrected chi connectivity index (χ0v) is 14.6. The van der Waals surface area contributed by atoms with Gasteiger partial charge in [0.15, 0.2) is 0 Å².